The topological polar surface area (TPSA) is 55.0 Å². The molecule has 0 aliphatic rings. The third-order valence-electron chi connectivity index (χ3n) is 3.22. The minimum Gasteiger partial charge on any atom is -0.384 e. The summed E-state index contributed by atoms with van der Waals surface area (Å²) in [5.74, 6) is 2.27. The van der Waals surface area contributed by atoms with Gasteiger partial charge in [0.05, 0.1) is 0 Å². The van der Waals surface area contributed by atoms with Gasteiger partial charge in [0.15, 0.2) is 0 Å². The first-order valence-electron chi connectivity index (χ1n) is 7.07. The van der Waals surface area contributed by atoms with Crippen molar-refractivity contribution in [2.45, 2.75) is 26.2 Å². The van der Waals surface area contributed by atoms with E-state index in [9.17, 15) is 0 Å². The van der Waals surface area contributed by atoms with Crippen molar-refractivity contribution in [3.8, 4) is 0 Å². The van der Waals surface area contributed by atoms with Crippen LogP contribution in [0.5, 0.6) is 0 Å². The van der Waals surface area contributed by atoms with Gasteiger partial charge < -0.3 is 10.6 Å². The molecule has 1 aromatic carbocycles. The van der Waals surface area contributed by atoms with E-state index < -0.39 is 0 Å². The van der Waals surface area contributed by atoms with Gasteiger partial charge in [0.25, 0.3) is 0 Å². The van der Waals surface area contributed by atoms with Crippen LogP contribution in [0.1, 0.15) is 24.7 Å². The molecule has 0 fully saturated rings. The standard InChI is InChI=1S/C16H22N4/c1-3-7-15-18-14(17)12-16(19-15)20(2)11-10-13-8-5-4-6-9-13/h4-6,8-9,12H,3,7,10-11H2,1-2H3,(H2,17,18,19). The third-order valence-corrected chi connectivity index (χ3v) is 3.22. The molecule has 2 rings (SSSR count). The number of aromatic nitrogens is 2. The van der Waals surface area contributed by atoms with E-state index in [1.165, 1.54) is 5.56 Å². The zero-order valence-corrected chi connectivity index (χ0v) is 12.2. The molecule has 4 nitrogen and oxygen atoms in total. The number of hydrogen-bond donors (Lipinski definition) is 1. The molecule has 0 saturated heterocycles. The first-order chi connectivity index (χ1) is 9.69. The van der Waals surface area contributed by atoms with Gasteiger partial charge in [-0.3, -0.25) is 0 Å². The van der Waals surface area contributed by atoms with Gasteiger partial charge in [-0.05, 0) is 18.4 Å². The SMILES string of the molecule is CCCc1nc(N)cc(N(C)CCc2ccccc2)n1. The van der Waals surface area contributed by atoms with Crippen LogP contribution < -0.4 is 10.6 Å². The molecule has 20 heavy (non-hydrogen) atoms. The molecule has 0 amide bonds. The molecule has 0 bridgehead atoms. The zero-order valence-electron chi connectivity index (χ0n) is 12.2. The molecular formula is C16H22N4. The average molecular weight is 270 g/mol. The van der Waals surface area contributed by atoms with Crippen LogP contribution in [0.25, 0.3) is 0 Å². The first-order valence-corrected chi connectivity index (χ1v) is 7.07. The molecule has 0 aliphatic carbocycles. The van der Waals surface area contributed by atoms with E-state index >= 15 is 0 Å². The molecule has 106 valence electrons. The summed E-state index contributed by atoms with van der Waals surface area (Å²) in [6, 6.07) is 12.3. The van der Waals surface area contributed by atoms with Gasteiger partial charge in [-0.1, -0.05) is 37.3 Å². The van der Waals surface area contributed by atoms with E-state index in [-0.39, 0.29) is 0 Å². The molecule has 4 heteroatoms. The molecule has 2 N–H and O–H groups in total. The predicted octanol–water partition coefficient (Wildman–Crippen LogP) is 2.69. The highest BCUT2D eigenvalue weighted by atomic mass is 15.2. The molecule has 0 aliphatic heterocycles. The van der Waals surface area contributed by atoms with E-state index in [1.807, 2.05) is 19.2 Å². The van der Waals surface area contributed by atoms with Crippen LogP contribution in [-0.4, -0.2) is 23.6 Å². The lowest BCUT2D eigenvalue weighted by atomic mass is 10.1. The van der Waals surface area contributed by atoms with E-state index in [0.717, 1.165) is 37.4 Å². The fraction of sp³-hybridized carbons (Fsp3) is 0.375. The Balaban J connectivity index is 2.03. The second-order valence-electron chi connectivity index (χ2n) is 4.97. The van der Waals surface area contributed by atoms with E-state index in [1.54, 1.807) is 0 Å². The smallest absolute Gasteiger partial charge is 0.134 e. The Kier molecular flexibility index (Phi) is 4.93. The minimum atomic E-state index is 0.546. The zero-order chi connectivity index (χ0) is 14.4. The highest BCUT2D eigenvalue weighted by Gasteiger charge is 2.07. The van der Waals surface area contributed by atoms with Crippen LogP contribution in [0.15, 0.2) is 36.4 Å². The van der Waals surface area contributed by atoms with Crippen molar-refractivity contribution in [2.24, 2.45) is 0 Å². The van der Waals surface area contributed by atoms with Gasteiger partial charge in [0, 0.05) is 26.1 Å². The van der Waals surface area contributed by atoms with Gasteiger partial charge >= 0.3 is 0 Å². The van der Waals surface area contributed by atoms with Crippen molar-refractivity contribution >= 4 is 11.6 Å². The highest BCUT2D eigenvalue weighted by molar-refractivity contribution is 5.46. The third kappa shape index (κ3) is 3.95. The fourth-order valence-electron chi connectivity index (χ4n) is 2.09. The quantitative estimate of drug-likeness (QED) is 0.877. The molecule has 0 unspecified atom stereocenters. The Morgan fingerprint density at radius 3 is 2.55 bits per heavy atom. The highest BCUT2D eigenvalue weighted by Crippen LogP contribution is 2.14. The first kappa shape index (κ1) is 14.3. The van der Waals surface area contributed by atoms with E-state index in [0.29, 0.717) is 5.82 Å². The number of rotatable bonds is 6. The minimum absolute atomic E-state index is 0.546. The Morgan fingerprint density at radius 2 is 1.85 bits per heavy atom. The maximum absolute atomic E-state index is 5.86. The molecule has 1 heterocycles. The summed E-state index contributed by atoms with van der Waals surface area (Å²) in [6.45, 7) is 3.03. The van der Waals surface area contributed by atoms with Crippen molar-refractivity contribution < 1.29 is 0 Å². The van der Waals surface area contributed by atoms with Crippen molar-refractivity contribution in [3.63, 3.8) is 0 Å². The van der Waals surface area contributed by atoms with Gasteiger partial charge in [-0.2, -0.15) is 0 Å². The second kappa shape index (κ2) is 6.89. The number of hydrogen-bond acceptors (Lipinski definition) is 4. The summed E-state index contributed by atoms with van der Waals surface area (Å²) < 4.78 is 0. The monoisotopic (exact) mass is 270 g/mol. The summed E-state index contributed by atoms with van der Waals surface area (Å²) >= 11 is 0. The molecule has 0 atom stereocenters. The summed E-state index contributed by atoms with van der Waals surface area (Å²) in [6.07, 6.45) is 2.88. The Bertz CT molecular complexity index is 539. The molecule has 1 aromatic heterocycles. The maximum Gasteiger partial charge on any atom is 0.134 e. The number of benzene rings is 1. The average Bonchev–Trinajstić information content (AvgIpc) is 2.45. The van der Waals surface area contributed by atoms with Crippen LogP contribution in [-0.2, 0) is 12.8 Å². The van der Waals surface area contributed by atoms with Gasteiger partial charge in [0.2, 0.25) is 0 Å². The second-order valence-corrected chi connectivity index (χ2v) is 4.97. The summed E-state index contributed by atoms with van der Waals surface area (Å²) in [5, 5.41) is 0. The molecule has 2 aromatic rings. The molecular weight excluding hydrogens is 248 g/mol. The lowest BCUT2D eigenvalue weighted by molar-refractivity contribution is 0.808. The maximum atomic E-state index is 5.86. The number of nitrogens with zero attached hydrogens (tertiary/aromatic N) is 3. The number of nitrogens with two attached hydrogens (primary N) is 1. The summed E-state index contributed by atoms with van der Waals surface area (Å²) in [5.41, 5.74) is 7.19. The van der Waals surface area contributed by atoms with E-state index in [4.69, 9.17) is 5.73 Å². The Labute approximate surface area is 120 Å². The molecule has 0 radical (unpaired) electrons. The van der Waals surface area contributed by atoms with Crippen LogP contribution in [0.3, 0.4) is 0 Å². The number of likely N-dealkylation sites (N-methyl/N-ethyl adjacent to an activating group) is 1. The summed E-state index contributed by atoms with van der Waals surface area (Å²) in [4.78, 5) is 11.0. The normalized spacial score (nSPS) is 10.5. The lowest BCUT2D eigenvalue weighted by Crippen LogP contribution is -2.22. The van der Waals surface area contributed by atoms with Crippen LogP contribution in [0.4, 0.5) is 11.6 Å². The Morgan fingerprint density at radius 1 is 1.10 bits per heavy atom. The number of nitrogen functional groups attached to an aromatic ring is 1. The van der Waals surface area contributed by atoms with Crippen LogP contribution >= 0.6 is 0 Å². The van der Waals surface area contributed by atoms with Crippen molar-refractivity contribution in [3.05, 3.63) is 47.8 Å². The molecule has 0 spiro atoms. The predicted molar refractivity (Wildman–Crippen MR) is 83.9 cm³/mol. The van der Waals surface area contributed by atoms with Crippen LogP contribution in [0.2, 0.25) is 0 Å². The van der Waals surface area contributed by atoms with Gasteiger partial charge in [-0.25, -0.2) is 9.97 Å². The largest absolute Gasteiger partial charge is 0.384 e. The number of anilines is 2. The Hall–Kier alpha value is -2.10. The van der Waals surface area contributed by atoms with Crippen molar-refractivity contribution in [1.29, 1.82) is 0 Å². The van der Waals surface area contributed by atoms with Gasteiger partial charge in [-0.15, -0.1) is 0 Å². The van der Waals surface area contributed by atoms with Crippen molar-refractivity contribution in [1.82, 2.24) is 9.97 Å². The number of aryl methyl sites for hydroxylation is 1. The fourth-order valence-corrected chi connectivity index (χ4v) is 2.09. The van der Waals surface area contributed by atoms with E-state index in [2.05, 4.69) is 46.1 Å². The van der Waals surface area contributed by atoms with Crippen molar-refractivity contribution in [2.75, 3.05) is 24.2 Å². The van der Waals surface area contributed by atoms with Crippen LogP contribution in [0, 0.1) is 0 Å². The molecule has 0 saturated carbocycles. The lowest BCUT2D eigenvalue weighted by Gasteiger charge is -2.19. The summed E-state index contributed by atoms with van der Waals surface area (Å²) in [7, 11) is 2.04. The van der Waals surface area contributed by atoms with Gasteiger partial charge in [0.1, 0.15) is 17.5 Å².